The minimum atomic E-state index is -0.104. The number of nitrogens with zero attached hydrogens (tertiary/aromatic N) is 2. The lowest BCUT2D eigenvalue weighted by molar-refractivity contribution is 0.0886. The molecule has 0 aliphatic rings. The summed E-state index contributed by atoms with van der Waals surface area (Å²) in [6.07, 6.45) is 1.25. The van der Waals surface area contributed by atoms with Gasteiger partial charge in [0, 0.05) is 7.11 Å². The van der Waals surface area contributed by atoms with Gasteiger partial charge in [0.05, 0.1) is 0 Å². The Hall–Kier alpha value is -0.900. The third kappa shape index (κ3) is 1.26. The van der Waals surface area contributed by atoms with Crippen LogP contribution in [-0.2, 0) is 4.74 Å². The predicted octanol–water partition coefficient (Wildman–Crippen LogP) is 0.777. The van der Waals surface area contributed by atoms with Gasteiger partial charge in [0.25, 0.3) is 5.89 Å². The quantitative estimate of drug-likeness (QED) is 0.590. The molecule has 0 saturated carbocycles. The van der Waals surface area contributed by atoms with E-state index in [4.69, 9.17) is 9.26 Å². The van der Waals surface area contributed by atoms with Crippen molar-refractivity contribution in [2.24, 2.45) is 0 Å². The molecule has 50 valence electrons. The van der Waals surface area contributed by atoms with Crippen molar-refractivity contribution in [2.75, 3.05) is 7.11 Å². The predicted molar refractivity (Wildman–Crippen MR) is 29.7 cm³/mol. The Morgan fingerprint density at radius 2 is 2.56 bits per heavy atom. The van der Waals surface area contributed by atoms with Gasteiger partial charge in [-0.25, -0.2) is 0 Å². The first kappa shape index (κ1) is 6.22. The first-order chi connectivity index (χ1) is 4.34. The van der Waals surface area contributed by atoms with E-state index >= 15 is 0 Å². The van der Waals surface area contributed by atoms with Gasteiger partial charge < -0.3 is 9.26 Å². The number of hydrogen-bond acceptors (Lipinski definition) is 4. The van der Waals surface area contributed by atoms with Crippen LogP contribution in [-0.4, -0.2) is 17.3 Å². The zero-order valence-electron chi connectivity index (χ0n) is 5.37. The topological polar surface area (TPSA) is 48.2 Å². The molecule has 9 heavy (non-hydrogen) atoms. The van der Waals surface area contributed by atoms with Crippen LogP contribution in [0.25, 0.3) is 0 Å². The van der Waals surface area contributed by atoms with Crippen molar-refractivity contribution in [3.63, 3.8) is 0 Å². The van der Waals surface area contributed by atoms with Gasteiger partial charge in [-0.2, -0.15) is 4.98 Å². The highest BCUT2D eigenvalue weighted by molar-refractivity contribution is 4.78. The average Bonchev–Trinajstić information content (AvgIpc) is 2.37. The van der Waals surface area contributed by atoms with E-state index in [9.17, 15) is 0 Å². The fraction of sp³-hybridized carbons (Fsp3) is 0.600. The van der Waals surface area contributed by atoms with Gasteiger partial charge in [0.15, 0.2) is 6.33 Å². The van der Waals surface area contributed by atoms with Crippen molar-refractivity contribution in [2.45, 2.75) is 13.0 Å². The van der Waals surface area contributed by atoms with Crippen LogP contribution in [0.3, 0.4) is 0 Å². The van der Waals surface area contributed by atoms with Crippen LogP contribution in [0.2, 0.25) is 0 Å². The molecule has 1 atom stereocenters. The Bertz CT molecular complexity index is 161. The molecule has 1 rings (SSSR count). The van der Waals surface area contributed by atoms with E-state index in [1.54, 1.807) is 7.11 Å². The van der Waals surface area contributed by atoms with E-state index in [2.05, 4.69) is 10.1 Å². The fourth-order valence-corrected chi connectivity index (χ4v) is 0.462. The molecule has 0 aromatic carbocycles. The zero-order valence-corrected chi connectivity index (χ0v) is 5.37. The van der Waals surface area contributed by atoms with E-state index in [1.165, 1.54) is 6.33 Å². The Morgan fingerprint density at radius 3 is 3.00 bits per heavy atom. The summed E-state index contributed by atoms with van der Waals surface area (Å²) in [5, 5.41) is 3.43. The maximum Gasteiger partial charge on any atom is 0.255 e. The van der Waals surface area contributed by atoms with Crippen LogP contribution in [0.1, 0.15) is 18.9 Å². The second-order valence-corrected chi connectivity index (χ2v) is 1.66. The Balaban J connectivity index is 2.65. The third-order valence-electron chi connectivity index (χ3n) is 1.08. The number of hydrogen-bond donors (Lipinski definition) is 0. The van der Waals surface area contributed by atoms with Crippen LogP contribution in [0, 0.1) is 0 Å². The van der Waals surface area contributed by atoms with Crippen molar-refractivity contribution in [1.82, 2.24) is 10.1 Å². The molecular weight excluding hydrogens is 120 g/mol. The number of ether oxygens (including phenoxy) is 1. The number of methoxy groups -OCH3 is 1. The summed E-state index contributed by atoms with van der Waals surface area (Å²) >= 11 is 0. The second kappa shape index (κ2) is 2.59. The van der Waals surface area contributed by atoms with Gasteiger partial charge >= 0.3 is 0 Å². The minimum absolute atomic E-state index is 0.104. The lowest BCUT2D eigenvalue weighted by atomic mass is 10.4. The van der Waals surface area contributed by atoms with Crippen molar-refractivity contribution in [3.05, 3.63) is 12.2 Å². The molecule has 0 bridgehead atoms. The molecule has 0 spiro atoms. The van der Waals surface area contributed by atoms with E-state index in [0.29, 0.717) is 5.89 Å². The largest absolute Gasteiger partial charge is 0.372 e. The highest BCUT2D eigenvalue weighted by Crippen LogP contribution is 2.09. The van der Waals surface area contributed by atoms with Crippen molar-refractivity contribution >= 4 is 0 Å². The summed E-state index contributed by atoms with van der Waals surface area (Å²) in [6, 6.07) is 0. The molecule has 1 unspecified atom stereocenters. The minimum Gasteiger partial charge on any atom is -0.372 e. The summed E-state index contributed by atoms with van der Waals surface area (Å²) in [5.41, 5.74) is 0. The molecule has 0 N–H and O–H groups in total. The standard InChI is InChI=1S/C5H8N2O2/c1-4(8-2)5-6-3-7-9-5/h3-4H,1-2H3. The highest BCUT2D eigenvalue weighted by Gasteiger charge is 2.07. The smallest absolute Gasteiger partial charge is 0.255 e. The van der Waals surface area contributed by atoms with Crippen molar-refractivity contribution < 1.29 is 9.26 Å². The number of aromatic nitrogens is 2. The fourth-order valence-electron chi connectivity index (χ4n) is 0.462. The van der Waals surface area contributed by atoms with Crippen molar-refractivity contribution in [1.29, 1.82) is 0 Å². The molecule has 0 amide bonds. The monoisotopic (exact) mass is 128 g/mol. The Morgan fingerprint density at radius 1 is 1.78 bits per heavy atom. The molecular formula is C5H8N2O2. The summed E-state index contributed by atoms with van der Waals surface area (Å²) in [7, 11) is 1.59. The van der Waals surface area contributed by atoms with Crippen LogP contribution in [0.4, 0.5) is 0 Å². The third-order valence-corrected chi connectivity index (χ3v) is 1.08. The van der Waals surface area contributed by atoms with E-state index in [-0.39, 0.29) is 6.10 Å². The van der Waals surface area contributed by atoms with Gasteiger partial charge in [-0.3, -0.25) is 0 Å². The molecule has 1 aromatic heterocycles. The molecule has 4 nitrogen and oxygen atoms in total. The summed E-state index contributed by atoms with van der Waals surface area (Å²) < 4.78 is 9.60. The lowest BCUT2D eigenvalue weighted by Crippen LogP contribution is -1.94. The van der Waals surface area contributed by atoms with Gasteiger partial charge in [-0.1, -0.05) is 5.16 Å². The van der Waals surface area contributed by atoms with Crippen LogP contribution in [0.5, 0.6) is 0 Å². The molecule has 0 saturated heterocycles. The molecule has 0 radical (unpaired) electrons. The molecule has 0 aliphatic heterocycles. The summed E-state index contributed by atoms with van der Waals surface area (Å²) in [6.45, 7) is 1.84. The summed E-state index contributed by atoms with van der Waals surface area (Å²) in [4.78, 5) is 3.78. The molecule has 1 aromatic rings. The maximum absolute atomic E-state index is 4.90. The average molecular weight is 128 g/mol. The Labute approximate surface area is 52.8 Å². The highest BCUT2D eigenvalue weighted by atomic mass is 16.5. The van der Waals surface area contributed by atoms with E-state index in [0.717, 1.165) is 0 Å². The molecule has 4 heteroatoms. The summed E-state index contributed by atoms with van der Waals surface area (Å²) in [5.74, 6) is 0.512. The van der Waals surface area contributed by atoms with Gasteiger partial charge in [-0.15, -0.1) is 0 Å². The van der Waals surface area contributed by atoms with Crippen molar-refractivity contribution in [3.8, 4) is 0 Å². The van der Waals surface area contributed by atoms with Gasteiger partial charge in [-0.05, 0) is 6.92 Å². The molecule has 1 heterocycles. The van der Waals surface area contributed by atoms with Gasteiger partial charge in [0.2, 0.25) is 0 Å². The first-order valence-corrected chi connectivity index (χ1v) is 2.64. The Kier molecular flexibility index (Phi) is 1.79. The molecule has 0 aliphatic carbocycles. The van der Waals surface area contributed by atoms with E-state index < -0.39 is 0 Å². The lowest BCUT2D eigenvalue weighted by Gasteiger charge is -2.00. The van der Waals surface area contributed by atoms with E-state index in [1.807, 2.05) is 6.92 Å². The zero-order chi connectivity index (χ0) is 6.69. The normalized spacial score (nSPS) is 13.6. The van der Waals surface area contributed by atoms with Crippen LogP contribution in [0.15, 0.2) is 10.9 Å². The first-order valence-electron chi connectivity index (χ1n) is 2.64. The van der Waals surface area contributed by atoms with Crippen LogP contribution >= 0.6 is 0 Å². The van der Waals surface area contributed by atoms with Gasteiger partial charge in [0.1, 0.15) is 6.10 Å². The SMILES string of the molecule is COC(C)c1ncno1. The molecule has 0 fully saturated rings. The number of rotatable bonds is 2. The second-order valence-electron chi connectivity index (χ2n) is 1.66. The van der Waals surface area contributed by atoms with Crippen LogP contribution < -0.4 is 0 Å². The maximum atomic E-state index is 4.90.